The molecule has 3 nitrogen and oxygen atoms in total. The molecule has 2 fully saturated rings. The van der Waals surface area contributed by atoms with Gasteiger partial charge >= 0.3 is 0 Å². The molecule has 3 heterocycles. The quantitative estimate of drug-likeness (QED) is 0.794. The van der Waals surface area contributed by atoms with E-state index in [4.69, 9.17) is 0 Å². The van der Waals surface area contributed by atoms with Gasteiger partial charge in [-0.2, -0.15) is 0 Å². The second kappa shape index (κ2) is 4.84. The minimum atomic E-state index is 0.225. The molecule has 4 rings (SSSR count). The summed E-state index contributed by atoms with van der Waals surface area (Å²) in [6, 6.07) is 5.36. The van der Waals surface area contributed by atoms with Crippen LogP contribution < -0.4 is 5.32 Å². The predicted octanol–water partition coefficient (Wildman–Crippen LogP) is 2.50. The number of carbonyl (C=O) groups excluding carboxylic acids is 1. The van der Waals surface area contributed by atoms with Crippen molar-refractivity contribution in [3.8, 4) is 0 Å². The molecule has 1 aromatic rings. The molecule has 3 aliphatic rings. The van der Waals surface area contributed by atoms with Crippen LogP contribution in [0, 0.1) is 19.8 Å². The van der Waals surface area contributed by atoms with Crippen molar-refractivity contribution in [1.29, 1.82) is 0 Å². The van der Waals surface area contributed by atoms with Gasteiger partial charge in [-0.3, -0.25) is 4.79 Å². The number of hydrogen-bond acceptors (Lipinski definition) is 2. The Balaban J connectivity index is 1.73. The zero-order chi connectivity index (χ0) is 14.6. The lowest BCUT2D eigenvalue weighted by Crippen LogP contribution is -2.57. The average molecular weight is 284 g/mol. The Morgan fingerprint density at radius 2 is 2.05 bits per heavy atom. The fourth-order valence-corrected chi connectivity index (χ4v) is 4.46. The number of piperidine rings is 2. The van der Waals surface area contributed by atoms with E-state index < -0.39 is 0 Å². The number of benzene rings is 1. The first kappa shape index (κ1) is 13.3. The van der Waals surface area contributed by atoms with Gasteiger partial charge in [-0.1, -0.05) is 12.1 Å². The summed E-state index contributed by atoms with van der Waals surface area (Å²) in [5.41, 5.74) is 5.59. The number of aryl methyl sites for hydroxylation is 2. The maximum atomic E-state index is 12.8. The van der Waals surface area contributed by atoms with Crippen molar-refractivity contribution in [3.05, 3.63) is 34.4 Å². The van der Waals surface area contributed by atoms with E-state index in [0.29, 0.717) is 18.0 Å². The van der Waals surface area contributed by atoms with Crippen LogP contribution >= 0.6 is 0 Å². The SMILES string of the molecule is Cc1cc2c(cc1C)C1CC3NCCCC3C(=O)N1CC2. The Morgan fingerprint density at radius 1 is 1.24 bits per heavy atom. The van der Waals surface area contributed by atoms with E-state index in [1.165, 1.54) is 22.3 Å². The lowest BCUT2D eigenvalue weighted by atomic mass is 9.76. The van der Waals surface area contributed by atoms with Crippen LogP contribution in [0.4, 0.5) is 0 Å². The molecule has 3 atom stereocenters. The number of nitrogens with one attached hydrogen (secondary N) is 1. The number of rotatable bonds is 0. The monoisotopic (exact) mass is 284 g/mol. The molecule has 3 aliphatic heterocycles. The van der Waals surface area contributed by atoms with Gasteiger partial charge in [0.2, 0.25) is 5.91 Å². The first-order valence-corrected chi connectivity index (χ1v) is 8.29. The van der Waals surface area contributed by atoms with Crippen molar-refractivity contribution in [2.45, 2.75) is 51.6 Å². The predicted molar refractivity (Wildman–Crippen MR) is 83.2 cm³/mol. The van der Waals surface area contributed by atoms with Crippen LogP contribution in [0.3, 0.4) is 0 Å². The Hall–Kier alpha value is -1.35. The summed E-state index contributed by atoms with van der Waals surface area (Å²) < 4.78 is 0. The van der Waals surface area contributed by atoms with Crippen molar-refractivity contribution in [2.75, 3.05) is 13.1 Å². The van der Waals surface area contributed by atoms with Crippen molar-refractivity contribution in [3.63, 3.8) is 0 Å². The molecule has 0 aromatic heterocycles. The van der Waals surface area contributed by atoms with Crippen molar-refractivity contribution in [1.82, 2.24) is 10.2 Å². The Labute approximate surface area is 126 Å². The van der Waals surface area contributed by atoms with Gasteiger partial charge in [0.05, 0.1) is 12.0 Å². The van der Waals surface area contributed by atoms with Gasteiger partial charge in [-0.15, -0.1) is 0 Å². The maximum absolute atomic E-state index is 12.8. The molecule has 112 valence electrons. The summed E-state index contributed by atoms with van der Waals surface area (Å²) in [5.74, 6) is 0.621. The van der Waals surface area contributed by atoms with Crippen LogP contribution in [0.15, 0.2) is 12.1 Å². The fraction of sp³-hybridized carbons (Fsp3) is 0.611. The molecule has 0 aliphatic carbocycles. The molecule has 0 saturated carbocycles. The summed E-state index contributed by atoms with van der Waals surface area (Å²) in [7, 11) is 0. The summed E-state index contributed by atoms with van der Waals surface area (Å²) >= 11 is 0. The standard InChI is InChI=1S/C18H24N2O/c1-11-8-13-5-7-20-17(15(13)9-12(11)2)10-16-14(18(20)21)4-3-6-19-16/h8-9,14,16-17,19H,3-7,10H2,1-2H3. The number of nitrogens with zero attached hydrogens (tertiary/aromatic N) is 1. The average Bonchev–Trinajstić information content (AvgIpc) is 2.49. The van der Waals surface area contributed by atoms with Gasteiger partial charge in [0, 0.05) is 12.6 Å². The third-order valence-electron chi connectivity index (χ3n) is 5.77. The largest absolute Gasteiger partial charge is 0.335 e. The highest BCUT2D eigenvalue weighted by atomic mass is 16.2. The highest BCUT2D eigenvalue weighted by Gasteiger charge is 2.44. The summed E-state index contributed by atoms with van der Waals surface area (Å²) in [6.45, 7) is 6.34. The third-order valence-corrected chi connectivity index (χ3v) is 5.77. The van der Waals surface area contributed by atoms with Gasteiger partial charge in [0.15, 0.2) is 0 Å². The van der Waals surface area contributed by atoms with E-state index in [0.717, 1.165) is 38.8 Å². The van der Waals surface area contributed by atoms with Gasteiger partial charge < -0.3 is 10.2 Å². The van der Waals surface area contributed by atoms with E-state index in [1.807, 2.05) is 0 Å². The van der Waals surface area contributed by atoms with Crippen molar-refractivity contribution < 1.29 is 4.79 Å². The van der Waals surface area contributed by atoms with E-state index in [1.54, 1.807) is 0 Å². The number of carbonyl (C=O) groups is 1. The highest BCUT2D eigenvalue weighted by Crippen LogP contribution is 2.41. The molecule has 1 amide bonds. The summed E-state index contributed by atoms with van der Waals surface area (Å²) in [5, 5.41) is 3.59. The lowest BCUT2D eigenvalue weighted by Gasteiger charge is -2.48. The van der Waals surface area contributed by atoms with E-state index in [2.05, 4.69) is 36.2 Å². The second-order valence-corrected chi connectivity index (χ2v) is 6.98. The van der Waals surface area contributed by atoms with Crippen LogP contribution in [0.2, 0.25) is 0 Å². The zero-order valence-electron chi connectivity index (χ0n) is 13.0. The highest BCUT2D eigenvalue weighted by molar-refractivity contribution is 5.81. The molecule has 3 unspecified atom stereocenters. The number of amides is 1. The molecular weight excluding hydrogens is 260 g/mol. The minimum Gasteiger partial charge on any atom is -0.335 e. The minimum absolute atomic E-state index is 0.225. The molecule has 2 saturated heterocycles. The number of fused-ring (bicyclic) bond motifs is 4. The molecule has 0 bridgehead atoms. The molecule has 1 aromatic carbocycles. The normalized spacial score (nSPS) is 31.4. The van der Waals surface area contributed by atoms with Gasteiger partial charge in [-0.05, 0) is 68.3 Å². The van der Waals surface area contributed by atoms with Gasteiger partial charge in [0.1, 0.15) is 0 Å². The van der Waals surface area contributed by atoms with Crippen LogP contribution in [-0.2, 0) is 11.2 Å². The molecule has 0 radical (unpaired) electrons. The first-order chi connectivity index (χ1) is 10.1. The molecule has 3 heteroatoms. The molecular formula is C18H24N2O. The Morgan fingerprint density at radius 3 is 2.90 bits per heavy atom. The van der Waals surface area contributed by atoms with E-state index in [9.17, 15) is 4.79 Å². The third kappa shape index (κ3) is 2.02. The zero-order valence-corrected chi connectivity index (χ0v) is 13.0. The van der Waals surface area contributed by atoms with Crippen LogP contribution in [-0.4, -0.2) is 29.9 Å². The molecule has 1 N–H and O–H groups in total. The maximum Gasteiger partial charge on any atom is 0.227 e. The lowest BCUT2D eigenvalue weighted by molar-refractivity contribution is -0.145. The fourth-order valence-electron chi connectivity index (χ4n) is 4.46. The van der Waals surface area contributed by atoms with Crippen molar-refractivity contribution >= 4 is 5.91 Å². The second-order valence-electron chi connectivity index (χ2n) is 6.98. The van der Waals surface area contributed by atoms with Crippen molar-refractivity contribution in [2.24, 2.45) is 5.92 Å². The smallest absolute Gasteiger partial charge is 0.227 e. The van der Waals surface area contributed by atoms with Gasteiger partial charge in [0.25, 0.3) is 0 Å². The van der Waals surface area contributed by atoms with E-state index >= 15 is 0 Å². The summed E-state index contributed by atoms with van der Waals surface area (Å²) in [4.78, 5) is 15.0. The topological polar surface area (TPSA) is 32.3 Å². The van der Waals surface area contributed by atoms with Crippen LogP contribution in [0.1, 0.15) is 47.6 Å². The Kier molecular flexibility index (Phi) is 3.07. The Bertz CT molecular complexity index is 595. The molecule has 0 spiro atoms. The van der Waals surface area contributed by atoms with E-state index in [-0.39, 0.29) is 5.92 Å². The van der Waals surface area contributed by atoms with Gasteiger partial charge in [-0.25, -0.2) is 0 Å². The molecule has 21 heavy (non-hydrogen) atoms. The summed E-state index contributed by atoms with van der Waals surface area (Å²) in [6.07, 6.45) is 4.31. The first-order valence-electron chi connectivity index (χ1n) is 8.29. The van der Waals surface area contributed by atoms with Crippen LogP contribution in [0.5, 0.6) is 0 Å². The number of hydrogen-bond donors (Lipinski definition) is 1. The van der Waals surface area contributed by atoms with Crippen LogP contribution in [0.25, 0.3) is 0 Å².